The highest BCUT2D eigenvalue weighted by Crippen LogP contribution is 2.38. The lowest BCUT2D eigenvalue weighted by atomic mass is 10.0. The van der Waals surface area contributed by atoms with E-state index < -0.39 is 0 Å². The van der Waals surface area contributed by atoms with Crippen LogP contribution < -0.4 is 15.0 Å². The molecule has 0 fully saturated rings. The van der Waals surface area contributed by atoms with Crippen molar-refractivity contribution in [3.63, 3.8) is 0 Å². The SMILES string of the molecule is CNCCC(=O)c1ccc2c(c1)N(CC(C)C)CC(C)(C)O2. The van der Waals surface area contributed by atoms with E-state index in [-0.39, 0.29) is 11.4 Å². The van der Waals surface area contributed by atoms with Gasteiger partial charge in [0.15, 0.2) is 5.78 Å². The Kier molecular flexibility index (Phi) is 5.12. The normalized spacial score (nSPS) is 16.4. The minimum Gasteiger partial charge on any atom is -0.484 e. The molecule has 4 nitrogen and oxygen atoms in total. The van der Waals surface area contributed by atoms with Gasteiger partial charge in [-0.3, -0.25) is 4.79 Å². The predicted molar refractivity (Wildman–Crippen MR) is 91.1 cm³/mol. The highest BCUT2D eigenvalue weighted by molar-refractivity contribution is 5.97. The van der Waals surface area contributed by atoms with Gasteiger partial charge in [0.1, 0.15) is 11.4 Å². The lowest BCUT2D eigenvalue weighted by Crippen LogP contribution is -2.48. The van der Waals surface area contributed by atoms with Gasteiger partial charge in [0, 0.05) is 25.1 Å². The van der Waals surface area contributed by atoms with Crippen molar-refractivity contribution in [2.24, 2.45) is 5.92 Å². The Balaban J connectivity index is 2.30. The summed E-state index contributed by atoms with van der Waals surface area (Å²) in [5.41, 5.74) is 1.61. The molecule has 1 aromatic carbocycles. The van der Waals surface area contributed by atoms with Crippen LogP contribution in [0.15, 0.2) is 18.2 Å². The summed E-state index contributed by atoms with van der Waals surface area (Å²) in [6.45, 7) is 11.1. The summed E-state index contributed by atoms with van der Waals surface area (Å²) in [6.07, 6.45) is 0.520. The molecule has 0 unspecified atom stereocenters. The van der Waals surface area contributed by atoms with Crippen molar-refractivity contribution in [1.82, 2.24) is 5.32 Å². The smallest absolute Gasteiger partial charge is 0.164 e. The number of nitrogens with one attached hydrogen (secondary N) is 1. The number of carbonyl (C=O) groups is 1. The molecule has 0 aliphatic carbocycles. The summed E-state index contributed by atoms with van der Waals surface area (Å²) >= 11 is 0. The van der Waals surface area contributed by atoms with E-state index in [1.54, 1.807) is 0 Å². The maximum absolute atomic E-state index is 12.2. The van der Waals surface area contributed by atoms with E-state index in [4.69, 9.17) is 4.74 Å². The first-order valence-electron chi connectivity index (χ1n) is 8.08. The van der Waals surface area contributed by atoms with Crippen LogP contribution in [0.5, 0.6) is 5.75 Å². The summed E-state index contributed by atoms with van der Waals surface area (Å²) < 4.78 is 6.08. The Morgan fingerprint density at radius 3 is 2.77 bits per heavy atom. The molecule has 0 bridgehead atoms. The van der Waals surface area contributed by atoms with E-state index in [1.807, 2.05) is 25.2 Å². The van der Waals surface area contributed by atoms with Crippen LogP contribution in [-0.2, 0) is 0 Å². The third-order valence-electron chi connectivity index (χ3n) is 3.77. The Bertz CT molecular complexity index is 538. The monoisotopic (exact) mass is 304 g/mol. The second kappa shape index (κ2) is 6.69. The fourth-order valence-corrected chi connectivity index (χ4v) is 2.89. The summed E-state index contributed by atoms with van der Waals surface area (Å²) in [5.74, 6) is 1.61. The summed E-state index contributed by atoms with van der Waals surface area (Å²) in [4.78, 5) is 14.6. The Labute approximate surface area is 133 Å². The van der Waals surface area contributed by atoms with Gasteiger partial charge in [0.05, 0.1) is 12.2 Å². The van der Waals surface area contributed by atoms with Gasteiger partial charge in [0.2, 0.25) is 0 Å². The average molecular weight is 304 g/mol. The minimum atomic E-state index is -0.209. The fourth-order valence-electron chi connectivity index (χ4n) is 2.89. The van der Waals surface area contributed by atoms with E-state index in [0.29, 0.717) is 18.9 Å². The molecule has 0 radical (unpaired) electrons. The van der Waals surface area contributed by atoms with Gasteiger partial charge in [-0.1, -0.05) is 13.8 Å². The molecule has 1 heterocycles. The Morgan fingerprint density at radius 1 is 1.41 bits per heavy atom. The molecule has 2 rings (SSSR count). The number of benzene rings is 1. The van der Waals surface area contributed by atoms with Crippen molar-refractivity contribution in [3.05, 3.63) is 23.8 Å². The largest absolute Gasteiger partial charge is 0.484 e. The maximum Gasteiger partial charge on any atom is 0.164 e. The van der Waals surface area contributed by atoms with E-state index in [1.165, 1.54) is 0 Å². The van der Waals surface area contributed by atoms with Gasteiger partial charge in [-0.2, -0.15) is 0 Å². The van der Waals surface area contributed by atoms with Crippen LogP contribution in [-0.4, -0.2) is 38.1 Å². The topological polar surface area (TPSA) is 41.6 Å². The zero-order chi connectivity index (χ0) is 16.3. The number of nitrogens with zero attached hydrogens (tertiary/aromatic N) is 1. The molecule has 0 spiro atoms. The molecule has 1 aliphatic heterocycles. The summed E-state index contributed by atoms with van der Waals surface area (Å²) in [5, 5.41) is 3.02. The molecular formula is C18H28N2O2. The number of Topliss-reactive ketones (excluding diaryl/α,β-unsaturated/α-hetero) is 1. The quantitative estimate of drug-likeness (QED) is 0.820. The molecule has 0 aromatic heterocycles. The van der Waals surface area contributed by atoms with Crippen LogP contribution >= 0.6 is 0 Å². The highest BCUT2D eigenvalue weighted by Gasteiger charge is 2.32. The molecule has 1 aliphatic rings. The minimum absolute atomic E-state index is 0.173. The van der Waals surface area contributed by atoms with Crippen LogP contribution in [0.25, 0.3) is 0 Å². The van der Waals surface area contributed by atoms with Crippen molar-refractivity contribution in [2.75, 3.05) is 31.6 Å². The lowest BCUT2D eigenvalue weighted by molar-refractivity contribution is 0.0981. The predicted octanol–water partition coefficient (Wildman–Crippen LogP) is 3.11. The van der Waals surface area contributed by atoms with Crippen molar-refractivity contribution in [2.45, 2.75) is 39.7 Å². The van der Waals surface area contributed by atoms with Crippen molar-refractivity contribution >= 4 is 11.5 Å². The van der Waals surface area contributed by atoms with E-state index >= 15 is 0 Å². The summed E-state index contributed by atoms with van der Waals surface area (Å²) in [7, 11) is 1.86. The molecular weight excluding hydrogens is 276 g/mol. The maximum atomic E-state index is 12.2. The summed E-state index contributed by atoms with van der Waals surface area (Å²) in [6, 6.07) is 5.81. The van der Waals surface area contributed by atoms with Gasteiger partial charge < -0.3 is 15.0 Å². The van der Waals surface area contributed by atoms with Crippen molar-refractivity contribution in [3.8, 4) is 5.75 Å². The average Bonchev–Trinajstić information content (AvgIpc) is 2.42. The number of carbonyl (C=O) groups excluding carboxylic acids is 1. The van der Waals surface area contributed by atoms with E-state index in [9.17, 15) is 4.79 Å². The highest BCUT2D eigenvalue weighted by atomic mass is 16.5. The number of rotatable bonds is 6. The van der Waals surface area contributed by atoms with Crippen LogP contribution in [0.1, 0.15) is 44.5 Å². The van der Waals surface area contributed by atoms with E-state index in [2.05, 4.69) is 37.9 Å². The number of hydrogen-bond acceptors (Lipinski definition) is 4. The number of ketones is 1. The molecule has 22 heavy (non-hydrogen) atoms. The van der Waals surface area contributed by atoms with Crippen LogP contribution in [0.3, 0.4) is 0 Å². The van der Waals surface area contributed by atoms with Gasteiger partial charge >= 0.3 is 0 Å². The first-order valence-corrected chi connectivity index (χ1v) is 8.08. The standard InChI is InChI=1S/C18H28N2O2/c1-13(2)11-20-12-18(3,4)22-17-7-6-14(10-15(17)20)16(21)8-9-19-5/h6-7,10,13,19H,8-9,11-12H2,1-5H3. The van der Waals surface area contributed by atoms with Gasteiger partial charge in [-0.25, -0.2) is 0 Å². The van der Waals surface area contributed by atoms with E-state index in [0.717, 1.165) is 30.1 Å². The molecule has 4 heteroatoms. The second-order valence-electron chi connectivity index (χ2n) is 7.10. The lowest BCUT2D eigenvalue weighted by Gasteiger charge is -2.41. The molecule has 1 N–H and O–H groups in total. The Hall–Kier alpha value is -1.55. The molecule has 122 valence electrons. The molecule has 0 saturated heterocycles. The van der Waals surface area contributed by atoms with Crippen LogP contribution in [0.2, 0.25) is 0 Å². The number of hydrogen-bond donors (Lipinski definition) is 1. The second-order valence-corrected chi connectivity index (χ2v) is 7.10. The van der Waals surface area contributed by atoms with Crippen molar-refractivity contribution in [1.29, 1.82) is 0 Å². The van der Waals surface area contributed by atoms with Gasteiger partial charge in [-0.15, -0.1) is 0 Å². The first-order chi connectivity index (χ1) is 10.3. The van der Waals surface area contributed by atoms with Crippen LogP contribution in [0, 0.1) is 5.92 Å². The molecule has 1 aromatic rings. The van der Waals surface area contributed by atoms with Crippen LogP contribution in [0.4, 0.5) is 5.69 Å². The number of ether oxygens (including phenoxy) is 1. The third-order valence-corrected chi connectivity index (χ3v) is 3.77. The molecule has 0 amide bonds. The Morgan fingerprint density at radius 2 is 2.14 bits per heavy atom. The number of anilines is 1. The van der Waals surface area contributed by atoms with Gasteiger partial charge in [-0.05, 0) is 45.0 Å². The fraction of sp³-hybridized carbons (Fsp3) is 0.611. The zero-order valence-electron chi connectivity index (χ0n) is 14.4. The zero-order valence-corrected chi connectivity index (χ0v) is 14.4. The third kappa shape index (κ3) is 4.01. The molecule has 0 atom stereocenters. The molecule has 0 saturated carbocycles. The van der Waals surface area contributed by atoms with Gasteiger partial charge in [0.25, 0.3) is 0 Å². The first kappa shape index (κ1) is 16.8. The van der Waals surface area contributed by atoms with Crippen molar-refractivity contribution < 1.29 is 9.53 Å². The number of fused-ring (bicyclic) bond motifs is 1.